The van der Waals surface area contributed by atoms with Crippen molar-refractivity contribution in [1.29, 1.82) is 0 Å². The minimum absolute atomic E-state index is 0. The minimum Gasteiger partial charge on any atom is -0.490 e. The maximum atomic E-state index is 7.91. The standard InChI is InChI=1S/C28H41Cl2OP.Ru/c1-21(2)31-27-18-10-9-12-22(27)20-25-26(29)17-11-19-28(25,30)32(23-13-5-3-6-14-23)24-15-7-4-8-16-24;/h9-10,12,18,20-21,23-24,26H,3-8,11,13-17,19H2,1-2H3;. The van der Waals surface area contributed by atoms with Crippen LogP contribution >= 0.6 is 31.1 Å². The summed E-state index contributed by atoms with van der Waals surface area (Å²) in [5.41, 5.74) is 4.06. The van der Waals surface area contributed by atoms with E-state index in [1.165, 1.54) is 69.8 Å². The summed E-state index contributed by atoms with van der Waals surface area (Å²) in [7, 11) is -0.314. The fraction of sp³-hybridized carbons (Fsp3) is 0.714. The molecule has 3 aliphatic carbocycles. The summed E-state index contributed by atoms with van der Waals surface area (Å²) in [5, 5.41) is 0.0329. The zero-order valence-corrected chi connectivity index (χ0v) is 24.5. The number of allylic oxidation sites excluding steroid dienone is 1. The second-order valence-corrected chi connectivity index (χ2v) is 14.9. The van der Waals surface area contributed by atoms with Crippen molar-refractivity contribution in [3.8, 4) is 5.75 Å². The van der Waals surface area contributed by atoms with Crippen LogP contribution in [0, 0.1) is 0 Å². The molecule has 0 aromatic heterocycles. The largest absolute Gasteiger partial charge is 0.490 e. The van der Waals surface area contributed by atoms with Gasteiger partial charge in [-0.1, -0.05) is 64.6 Å². The molecule has 5 heteroatoms. The van der Waals surface area contributed by atoms with Gasteiger partial charge in [0, 0.05) is 25.0 Å². The molecule has 0 heterocycles. The van der Waals surface area contributed by atoms with E-state index in [2.05, 4.69) is 44.2 Å². The monoisotopic (exact) mass is 596 g/mol. The molecule has 3 aliphatic rings. The topological polar surface area (TPSA) is 9.23 Å². The van der Waals surface area contributed by atoms with Crippen LogP contribution in [0.15, 0.2) is 29.8 Å². The van der Waals surface area contributed by atoms with Gasteiger partial charge in [-0.3, -0.25) is 0 Å². The van der Waals surface area contributed by atoms with E-state index < -0.39 is 0 Å². The number of rotatable bonds is 6. The Morgan fingerprint density at radius 3 is 2.06 bits per heavy atom. The first kappa shape index (κ1) is 28.0. The SMILES string of the molecule is CC(C)Oc1ccccc1C=C1C(Cl)CCCC1(Cl)P(C1CCCCC1)C1CCCCC1.[Ru]. The first-order valence-corrected chi connectivity index (χ1v) is 15.4. The van der Waals surface area contributed by atoms with Gasteiger partial charge >= 0.3 is 0 Å². The number of benzene rings is 1. The Morgan fingerprint density at radius 1 is 0.909 bits per heavy atom. The average molecular weight is 597 g/mol. The van der Waals surface area contributed by atoms with Crippen molar-refractivity contribution in [2.45, 2.75) is 125 Å². The third-order valence-corrected chi connectivity index (χ3v) is 13.0. The number of para-hydroxylation sites is 1. The van der Waals surface area contributed by atoms with Gasteiger partial charge in [0.25, 0.3) is 0 Å². The third-order valence-electron chi connectivity index (χ3n) is 7.68. The van der Waals surface area contributed by atoms with Crippen LogP contribution in [0.5, 0.6) is 5.75 Å². The van der Waals surface area contributed by atoms with E-state index in [9.17, 15) is 0 Å². The summed E-state index contributed by atoms with van der Waals surface area (Å²) in [6.07, 6.45) is 19.6. The van der Waals surface area contributed by atoms with Crippen molar-refractivity contribution in [1.82, 2.24) is 0 Å². The summed E-state index contributed by atoms with van der Waals surface area (Å²) < 4.78 is 5.90. The van der Waals surface area contributed by atoms with Gasteiger partial charge in [0.15, 0.2) is 0 Å². The summed E-state index contributed by atoms with van der Waals surface area (Å²) in [6.45, 7) is 4.18. The van der Waals surface area contributed by atoms with Crippen LogP contribution in [0.2, 0.25) is 0 Å². The van der Waals surface area contributed by atoms with Crippen LogP contribution in [0.3, 0.4) is 0 Å². The van der Waals surface area contributed by atoms with Crippen LogP contribution in [0.1, 0.15) is 103 Å². The third kappa shape index (κ3) is 6.79. The molecular weight excluding hydrogens is 555 g/mol. The van der Waals surface area contributed by atoms with Gasteiger partial charge in [-0.25, -0.2) is 0 Å². The quantitative estimate of drug-likeness (QED) is 0.181. The number of hydrogen-bond donors (Lipinski definition) is 0. The molecule has 1 aromatic rings. The first-order chi connectivity index (χ1) is 15.5. The van der Waals surface area contributed by atoms with Crippen molar-refractivity contribution in [3.63, 3.8) is 0 Å². The fourth-order valence-corrected chi connectivity index (χ4v) is 12.5. The number of hydrogen-bond acceptors (Lipinski definition) is 1. The Morgan fingerprint density at radius 2 is 1.48 bits per heavy atom. The smallest absolute Gasteiger partial charge is 0.126 e. The fourth-order valence-electron chi connectivity index (χ4n) is 6.26. The van der Waals surface area contributed by atoms with Gasteiger partial charge < -0.3 is 4.74 Å². The molecule has 0 radical (unpaired) electrons. The molecule has 0 bridgehead atoms. The van der Waals surface area contributed by atoms with Crippen LogP contribution < -0.4 is 4.74 Å². The Bertz CT molecular complexity index is 755. The Balaban J connectivity index is 0.00000306. The summed E-state index contributed by atoms with van der Waals surface area (Å²) in [4.78, 5) is 0. The van der Waals surface area contributed by atoms with Gasteiger partial charge in [0.1, 0.15) is 5.75 Å². The molecule has 1 nitrogen and oxygen atoms in total. The molecule has 4 rings (SSSR count). The van der Waals surface area contributed by atoms with Crippen LogP contribution in [-0.2, 0) is 19.5 Å². The maximum absolute atomic E-state index is 7.91. The van der Waals surface area contributed by atoms with Crippen LogP contribution in [0.4, 0.5) is 0 Å². The Labute approximate surface area is 226 Å². The molecule has 0 N–H and O–H groups in total. The Kier molecular flexibility index (Phi) is 11.1. The van der Waals surface area contributed by atoms with Crippen molar-refractivity contribution in [3.05, 3.63) is 35.4 Å². The number of alkyl halides is 2. The van der Waals surface area contributed by atoms with Gasteiger partial charge in [0.05, 0.1) is 16.1 Å². The van der Waals surface area contributed by atoms with E-state index >= 15 is 0 Å². The van der Waals surface area contributed by atoms with E-state index in [4.69, 9.17) is 27.9 Å². The summed E-state index contributed by atoms with van der Waals surface area (Å²) in [5.74, 6) is 0.947. The predicted octanol–water partition coefficient (Wildman–Crippen LogP) is 9.73. The van der Waals surface area contributed by atoms with Crippen LogP contribution in [-0.4, -0.2) is 27.4 Å². The van der Waals surface area contributed by atoms with Crippen molar-refractivity contribution in [2.75, 3.05) is 0 Å². The molecule has 3 saturated carbocycles. The van der Waals surface area contributed by atoms with Crippen molar-refractivity contribution >= 4 is 37.2 Å². The van der Waals surface area contributed by atoms with E-state index in [1.54, 1.807) is 0 Å². The molecule has 0 aliphatic heterocycles. The molecule has 3 fully saturated rings. The predicted molar refractivity (Wildman–Crippen MR) is 143 cm³/mol. The number of halogens is 2. The zero-order valence-electron chi connectivity index (χ0n) is 20.4. The average Bonchev–Trinajstić information content (AvgIpc) is 2.79. The van der Waals surface area contributed by atoms with E-state index in [0.29, 0.717) is 0 Å². The molecular formula is C28H41Cl2OPRu. The first-order valence-electron chi connectivity index (χ1n) is 13.1. The molecule has 0 amide bonds. The normalized spacial score (nSPS) is 28.8. The van der Waals surface area contributed by atoms with Crippen LogP contribution in [0.25, 0.3) is 6.08 Å². The maximum Gasteiger partial charge on any atom is 0.126 e. The second kappa shape index (κ2) is 13.1. The minimum atomic E-state index is -0.314. The molecule has 0 saturated heterocycles. The summed E-state index contributed by atoms with van der Waals surface area (Å²) >= 11 is 15.0. The van der Waals surface area contributed by atoms with Crippen molar-refractivity contribution in [2.24, 2.45) is 0 Å². The number of ether oxygens (including phenoxy) is 1. The molecule has 33 heavy (non-hydrogen) atoms. The van der Waals surface area contributed by atoms with E-state index in [0.717, 1.165) is 41.9 Å². The van der Waals surface area contributed by atoms with Gasteiger partial charge in [-0.15, -0.1) is 23.2 Å². The van der Waals surface area contributed by atoms with E-state index in [-0.39, 0.29) is 43.5 Å². The molecule has 186 valence electrons. The Hall–Kier alpha value is 0.393. The zero-order chi connectivity index (χ0) is 22.6. The molecule has 2 atom stereocenters. The van der Waals surface area contributed by atoms with Gasteiger partial charge in [0.2, 0.25) is 0 Å². The van der Waals surface area contributed by atoms with Gasteiger partial charge in [-0.05, 0) is 87.8 Å². The summed E-state index contributed by atoms with van der Waals surface area (Å²) in [6, 6.07) is 8.42. The van der Waals surface area contributed by atoms with Crippen molar-refractivity contribution < 1.29 is 24.2 Å². The molecule has 2 unspecified atom stereocenters. The second-order valence-electron chi connectivity index (χ2n) is 10.4. The molecule has 0 spiro atoms. The molecule has 1 aromatic carbocycles. The van der Waals surface area contributed by atoms with E-state index in [1.807, 2.05) is 0 Å². The van der Waals surface area contributed by atoms with Gasteiger partial charge in [-0.2, -0.15) is 0 Å².